The predicted octanol–water partition coefficient (Wildman–Crippen LogP) is 5.70. The molecular formula is C22H18N4O2. The van der Waals surface area contributed by atoms with Crippen LogP contribution in [0.1, 0.15) is 29.3 Å². The summed E-state index contributed by atoms with van der Waals surface area (Å²) in [5, 5.41) is 7.69. The second kappa shape index (κ2) is 6.56. The lowest BCUT2D eigenvalue weighted by Gasteiger charge is -2.10. The van der Waals surface area contributed by atoms with Crippen LogP contribution in [0.3, 0.4) is 0 Å². The van der Waals surface area contributed by atoms with E-state index in [1.54, 1.807) is 12.4 Å². The number of nitrogens with zero attached hydrogens (tertiary/aromatic N) is 3. The Kier molecular flexibility index (Phi) is 3.90. The maximum atomic E-state index is 11.0. The van der Waals surface area contributed by atoms with Crippen LogP contribution in [0.2, 0.25) is 0 Å². The van der Waals surface area contributed by atoms with Crippen LogP contribution < -0.4 is 5.32 Å². The number of aromatic nitrogens is 2. The Morgan fingerprint density at radius 3 is 3.00 bits per heavy atom. The zero-order valence-electron chi connectivity index (χ0n) is 15.3. The van der Waals surface area contributed by atoms with Gasteiger partial charge in [-0.3, -0.25) is 4.98 Å². The first-order valence-corrected chi connectivity index (χ1v) is 9.26. The third kappa shape index (κ3) is 2.74. The molecule has 1 aromatic carbocycles. The lowest BCUT2D eigenvalue weighted by Crippen LogP contribution is -1.95. The number of rotatable bonds is 4. The molecule has 1 unspecified atom stereocenters. The van der Waals surface area contributed by atoms with Crippen LogP contribution >= 0.6 is 0 Å². The summed E-state index contributed by atoms with van der Waals surface area (Å²) < 4.78 is 6.10. The molecule has 1 atom stereocenters. The maximum absolute atomic E-state index is 11.0. The number of anilines is 2. The Labute approximate surface area is 161 Å². The Morgan fingerprint density at radius 1 is 1.21 bits per heavy atom. The van der Waals surface area contributed by atoms with Gasteiger partial charge in [-0.15, -0.1) is 0 Å². The van der Waals surface area contributed by atoms with Gasteiger partial charge in [0.25, 0.3) is 0 Å². The van der Waals surface area contributed by atoms with Crippen molar-refractivity contribution in [3.63, 3.8) is 0 Å². The quantitative estimate of drug-likeness (QED) is 0.466. The molecule has 0 bridgehead atoms. The number of nitrogens with one attached hydrogen (secondary N) is 1. The van der Waals surface area contributed by atoms with E-state index >= 15 is 0 Å². The van der Waals surface area contributed by atoms with Crippen molar-refractivity contribution in [2.24, 2.45) is 5.18 Å². The smallest absolute Gasteiger partial charge is 0.177 e. The first-order chi connectivity index (χ1) is 13.7. The van der Waals surface area contributed by atoms with Crippen molar-refractivity contribution in [3.8, 4) is 11.5 Å². The number of fused-ring (bicyclic) bond motifs is 2. The highest BCUT2D eigenvalue weighted by Gasteiger charge is 2.24. The monoisotopic (exact) mass is 370 g/mol. The van der Waals surface area contributed by atoms with Crippen LogP contribution in [0.5, 0.6) is 0 Å². The number of aryl methyl sites for hydroxylation is 2. The zero-order chi connectivity index (χ0) is 19.1. The van der Waals surface area contributed by atoms with Gasteiger partial charge in [-0.1, -0.05) is 17.3 Å². The maximum Gasteiger partial charge on any atom is 0.177 e. The second-order valence-electron chi connectivity index (χ2n) is 7.04. The second-order valence-corrected chi connectivity index (χ2v) is 7.04. The Balaban J connectivity index is 1.61. The number of hydrogen-bond acceptors (Lipinski definition) is 6. The van der Waals surface area contributed by atoms with Crippen LogP contribution in [0.25, 0.3) is 22.4 Å². The number of furan rings is 1. The molecule has 3 heterocycles. The van der Waals surface area contributed by atoms with E-state index in [0.29, 0.717) is 11.3 Å². The molecule has 0 fully saturated rings. The van der Waals surface area contributed by atoms with E-state index in [-0.39, 0.29) is 6.04 Å². The normalized spacial score (nSPS) is 15.5. The third-order valence-corrected chi connectivity index (χ3v) is 5.20. The average molecular weight is 370 g/mol. The first-order valence-electron chi connectivity index (χ1n) is 9.26. The van der Waals surface area contributed by atoms with Gasteiger partial charge in [-0.2, -0.15) is 4.91 Å². The van der Waals surface area contributed by atoms with Gasteiger partial charge < -0.3 is 9.73 Å². The molecule has 3 aromatic heterocycles. The van der Waals surface area contributed by atoms with Crippen molar-refractivity contribution in [3.05, 3.63) is 76.6 Å². The van der Waals surface area contributed by atoms with Gasteiger partial charge in [0, 0.05) is 23.0 Å². The Bertz CT molecular complexity index is 1200. The summed E-state index contributed by atoms with van der Waals surface area (Å²) in [6.07, 6.45) is 5.10. The minimum Gasteiger partial charge on any atom is -0.451 e. The van der Waals surface area contributed by atoms with E-state index in [9.17, 15) is 4.91 Å². The van der Waals surface area contributed by atoms with Gasteiger partial charge in [0.2, 0.25) is 0 Å². The van der Waals surface area contributed by atoms with Gasteiger partial charge in [-0.05, 0) is 61.2 Å². The zero-order valence-corrected chi connectivity index (χ0v) is 15.3. The molecule has 28 heavy (non-hydrogen) atoms. The molecule has 0 saturated carbocycles. The number of pyridine rings is 2. The third-order valence-electron chi connectivity index (χ3n) is 5.20. The van der Waals surface area contributed by atoms with Gasteiger partial charge in [0.15, 0.2) is 11.3 Å². The van der Waals surface area contributed by atoms with E-state index in [2.05, 4.69) is 26.5 Å². The molecule has 138 valence electrons. The summed E-state index contributed by atoms with van der Waals surface area (Å²) >= 11 is 0. The van der Waals surface area contributed by atoms with Gasteiger partial charge >= 0.3 is 0 Å². The molecule has 0 amide bonds. The molecule has 1 aliphatic carbocycles. The lowest BCUT2D eigenvalue weighted by atomic mass is 10.1. The SMILES string of the molecule is Cc1cccc(-c2oc3cnccc3c2Nc2ccc3c(c2)CCC3N=O)n1. The molecule has 4 aromatic rings. The highest BCUT2D eigenvalue weighted by Crippen LogP contribution is 2.40. The lowest BCUT2D eigenvalue weighted by molar-refractivity contribution is 0.628. The number of benzene rings is 1. The molecule has 0 aliphatic heterocycles. The first kappa shape index (κ1) is 16.6. The Hall–Kier alpha value is -3.54. The molecule has 6 nitrogen and oxygen atoms in total. The van der Waals surface area contributed by atoms with E-state index in [1.165, 1.54) is 5.56 Å². The molecule has 6 heteroatoms. The van der Waals surface area contributed by atoms with Gasteiger partial charge in [-0.25, -0.2) is 4.98 Å². The highest BCUT2D eigenvalue weighted by atomic mass is 16.3. The van der Waals surface area contributed by atoms with Crippen LogP contribution in [-0.4, -0.2) is 9.97 Å². The fourth-order valence-electron chi connectivity index (χ4n) is 3.85. The van der Waals surface area contributed by atoms with E-state index < -0.39 is 0 Å². The van der Waals surface area contributed by atoms with Crippen molar-refractivity contribution >= 4 is 22.3 Å². The molecule has 1 N–H and O–H groups in total. The fraction of sp³-hybridized carbons (Fsp3) is 0.182. The summed E-state index contributed by atoms with van der Waals surface area (Å²) in [4.78, 5) is 19.8. The van der Waals surface area contributed by atoms with Crippen molar-refractivity contribution < 1.29 is 4.42 Å². The fourth-order valence-corrected chi connectivity index (χ4v) is 3.85. The summed E-state index contributed by atoms with van der Waals surface area (Å²) in [6.45, 7) is 1.96. The van der Waals surface area contributed by atoms with Gasteiger partial charge in [0.1, 0.15) is 11.7 Å². The topological polar surface area (TPSA) is 80.4 Å². The predicted molar refractivity (Wildman–Crippen MR) is 109 cm³/mol. The summed E-state index contributed by atoms with van der Waals surface area (Å²) in [5.74, 6) is 0.680. The van der Waals surface area contributed by atoms with E-state index in [0.717, 1.165) is 46.6 Å². The number of nitroso groups, excluding NO2 is 1. The summed E-state index contributed by atoms with van der Waals surface area (Å²) in [5.41, 5.74) is 6.39. The molecule has 1 aliphatic rings. The molecule has 0 radical (unpaired) electrons. The largest absolute Gasteiger partial charge is 0.451 e. The molecular weight excluding hydrogens is 352 g/mol. The molecule has 0 saturated heterocycles. The average Bonchev–Trinajstić information content (AvgIpc) is 3.29. The van der Waals surface area contributed by atoms with Gasteiger partial charge in [0.05, 0.1) is 11.9 Å². The minimum atomic E-state index is -0.225. The van der Waals surface area contributed by atoms with Crippen LogP contribution in [-0.2, 0) is 6.42 Å². The van der Waals surface area contributed by atoms with Crippen molar-refractivity contribution in [1.29, 1.82) is 0 Å². The standard InChI is InChI=1S/C22H18N4O2/c1-13-3-2-4-19(24-13)22-21(17-9-10-23-12-20(17)28-22)25-15-6-7-16-14(11-15)5-8-18(16)26-27/h2-4,6-7,9-12,18,25H,5,8H2,1H3. The van der Waals surface area contributed by atoms with Crippen LogP contribution in [0, 0.1) is 11.8 Å². The summed E-state index contributed by atoms with van der Waals surface area (Å²) in [7, 11) is 0. The molecule has 5 rings (SSSR count). The van der Waals surface area contributed by atoms with Crippen LogP contribution in [0.15, 0.2) is 64.5 Å². The van der Waals surface area contributed by atoms with E-state index in [1.807, 2.05) is 43.3 Å². The minimum absolute atomic E-state index is 0.225. The Morgan fingerprint density at radius 2 is 2.14 bits per heavy atom. The number of hydrogen-bond donors (Lipinski definition) is 1. The van der Waals surface area contributed by atoms with Crippen molar-refractivity contribution in [1.82, 2.24) is 9.97 Å². The summed E-state index contributed by atoms with van der Waals surface area (Å²) in [6, 6.07) is 13.6. The van der Waals surface area contributed by atoms with Crippen LogP contribution in [0.4, 0.5) is 11.4 Å². The molecule has 0 spiro atoms. The van der Waals surface area contributed by atoms with Crippen molar-refractivity contribution in [2.45, 2.75) is 25.8 Å². The van der Waals surface area contributed by atoms with E-state index in [4.69, 9.17) is 4.42 Å². The van der Waals surface area contributed by atoms with Crippen molar-refractivity contribution in [2.75, 3.05) is 5.32 Å². The highest BCUT2D eigenvalue weighted by molar-refractivity contribution is 5.99.